The van der Waals surface area contributed by atoms with E-state index in [0.717, 1.165) is 16.5 Å². The molecule has 0 aromatic heterocycles. The van der Waals surface area contributed by atoms with Gasteiger partial charge >= 0.3 is 0 Å². The van der Waals surface area contributed by atoms with Crippen molar-refractivity contribution in [3.8, 4) is 5.75 Å². The Balaban J connectivity index is 2.16. The molecule has 0 radical (unpaired) electrons. The van der Waals surface area contributed by atoms with Gasteiger partial charge < -0.3 is 15.0 Å². The van der Waals surface area contributed by atoms with Gasteiger partial charge in [0.25, 0.3) is 5.91 Å². The van der Waals surface area contributed by atoms with Crippen LogP contribution in [0.5, 0.6) is 5.75 Å². The highest BCUT2D eigenvalue weighted by atomic mass is 79.9. The van der Waals surface area contributed by atoms with Crippen LogP contribution < -0.4 is 10.1 Å². The van der Waals surface area contributed by atoms with Gasteiger partial charge in [-0.15, -0.1) is 0 Å². The maximum absolute atomic E-state index is 13.2. The first kappa shape index (κ1) is 22.9. The Morgan fingerprint density at radius 3 is 2.34 bits per heavy atom. The molecule has 1 N–H and O–H groups in total. The summed E-state index contributed by atoms with van der Waals surface area (Å²) in [6, 6.07) is 12.4. The normalized spacial score (nSPS) is 11.6. The number of nitrogens with zero attached hydrogens (tertiary/aromatic N) is 1. The van der Waals surface area contributed by atoms with E-state index in [9.17, 15) is 14.0 Å². The second-order valence-electron chi connectivity index (χ2n) is 6.61. The van der Waals surface area contributed by atoms with Crippen molar-refractivity contribution in [3.63, 3.8) is 0 Å². The van der Waals surface area contributed by atoms with Gasteiger partial charge in [0.05, 0.1) is 0 Å². The van der Waals surface area contributed by atoms with Crippen LogP contribution in [0.15, 0.2) is 53.0 Å². The molecule has 0 unspecified atom stereocenters. The van der Waals surface area contributed by atoms with Crippen LogP contribution in [0.25, 0.3) is 0 Å². The minimum atomic E-state index is -0.632. The van der Waals surface area contributed by atoms with Crippen molar-refractivity contribution in [3.05, 3.63) is 64.4 Å². The summed E-state index contributed by atoms with van der Waals surface area (Å²) in [5.74, 6) is -0.297. The number of carbonyl (C=O) groups is 2. The van der Waals surface area contributed by atoms with E-state index in [-0.39, 0.29) is 30.8 Å². The molecule has 0 aliphatic rings. The molecule has 1 atom stereocenters. The topological polar surface area (TPSA) is 58.6 Å². The number of nitrogens with one attached hydrogen (secondary N) is 1. The van der Waals surface area contributed by atoms with Crippen molar-refractivity contribution in [1.29, 1.82) is 0 Å². The van der Waals surface area contributed by atoms with Crippen LogP contribution >= 0.6 is 15.9 Å². The molecule has 0 heterocycles. The predicted octanol–water partition coefficient (Wildman–Crippen LogP) is 4.30. The van der Waals surface area contributed by atoms with Crippen LogP contribution in [0, 0.1) is 5.82 Å². The molecule has 0 bridgehead atoms. The molecule has 0 aliphatic heterocycles. The lowest BCUT2D eigenvalue weighted by molar-refractivity contribution is -0.143. The van der Waals surface area contributed by atoms with Gasteiger partial charge in [-0.3, -0.25) is 9.59 Å². The Morgan fingerprint density at radius 1 is 1.10 bits per heavy atom. The lowest BCUT2D eigenvalue weighted by Gasteiger charge is -2.30. The highest BCUT2D eigenvalue weighted by Gasteiger charge is 2.28. The molecule has 0 spiro atoms. The van der Waals surface area contributed by atoms with Gasteiger partial charge in [-0.05, 0) is 54.8 Å². The molecule has 2 rings (SSSR count). The Morgan fingerprint density at radius 2 is 1.76 bits per heavy atom. The summed E-state index contributed by atoms with van der Waals surface area (Å²) < 4.78 is 19.8. The molecular formula is C22H26BrFN2O3. The Labute approximate surface area is 179 Å². The largest absolute Gasteiger partial charge is 0.484 e. The van der Waals surface area contributed by atoms with E-state index in [1.54, 1.807) is 24.3 Å². The first-order valence-electron chi connectivity index (χ1n) is 9.64. The molecule has 0 saturated heterocycles. The summed E-state index contributed by atoms with van der Waals surface area (Å²) in [4.78, 5) is 27.1. The smallest absolute Gasteiger partial charge is 0.261 e. The van der Waals surface area contributed by atoms with E-state index in [4.69, 9.17) is 4.74 Å². The summed E-state index contributed by atoms with van der Waals surface area (Å²) in [5, 5.41) is 2.85. The van der Waals surface area contributed by atoms with E-state index in [2.05, 4.69) is 21.2 Å². The molecule has 0 aliphatic carbocycles. The lowest BCUT2D eigenvalue weighted by atomic mass is 10.1. The average molecular weight is 465 g/mol. The molecule has 156 valence electrons. The predicted molar refractivity (Wildman–Crippen MR) is 114 cm³/mol. The molecular weight excluding hydrogens is 439 g/mol. The van der Waals surface area contributed by atoms with Gasteiger partial charge in [-0.1, -0.05) is 41.9 Å². The van der Waals surface area contributed by atoms with Crippen LogP contribution in [0.1, 0.15) is 32.3 Å². The number of amides is 2. The standard InChI is InChI=1S/C22H26BrFN2O3/c1-3-13-25-22(28)20(4-2)26(14-16-5-9-18(24)10-6-16)21(27)15-29-19-11-7-17(23)8-12-19/h5-12,20H,3-4,13-15H2,1-2H3,(H,25,28)/t20-/m0/s1. The van der Waals surface area contributed by atoms with Crippen molar-refractivity contribution in [1.82, 2.24) is 10.2 Å². The molecule has 2 aromatic rings. The fourth-order valence-corrected chi connectivity index (χ4v) is 3.10. The monoisotopic (exact) mass is 464 g/mol. The Bertz CT molecular complexity index is 797. The van der Waals surface area contributed by atoms with Crippen molar-refractivity contribution >= 4 is 27.7 Å². The summed E-state index contributed by atoms with van der Waals surface area (Å²) in [6.45, 7) is 4.37. The van der Waals surface area contributed by atoms with E-state index < -0.39 is 6.04 Å². The second-order valence-corrected chi connectivity index (χ2v) is 7.52. The summed E-state index contributed by atoms with van der Waals surface area (Å²) >= 11 is 3.35. The zero-order chi connectivity index (χ0) is 21.2. The zero-order valence-corrected chi connectivity index (χ0v) is 18.2. The van der Waals surface area contributed by atoms with Gasteiger partial charge in [-0.25, -0.2) is 4.39 Å². The van der Waals surface area contributed by atoms with Crippen LogP contribution in [0.3, 0.4) is 0 Å². The van der Waals surface area contributed by atoms with Crippen molar-refractivity contribution in [2.75, 3.05) is 13.2 Å². The van der Waals surface area contributed by atoms with Gasteiger partial charge in [0.1, 0.15) is 17.6 Å². The first-order chi connectivity index (χ1) is 13.9. The number of halogens is 2. The fraction of sp³-hybridized carbons (Fsp3) is 0.364. The highest BCUT2D eigenvalue weighted by Crippen LogP contribution is 2.17. The number of rotatable bonds is 10. The number of ether oxygens (including phenoxy) is 1. The summed E-state index contributed by atoms with van der Waals surface area (Å²) in [6.07, 6.45) is 1.27. The third kappa shape index (κ3) is 7.16. The lowest BCUT2D eigenvalue weighted by Crippen LogP contribution is -2.50. The minimum Gasteiger partial charge on any atom is -0.484 e. The molecule has 5 nitrogen and oxygen atoms in total. The molecule has 7 heteroatoms. The quantitative estimate of drug-likeness (QED) is 0.570. The Kier molecular flexibility index (Phi) is 9.12. The molecule has 29 heavy (non-hydrogen) atoms. The van der Waals surface area contributed by atoms with Crippen molar-refractivity contribution in [2.24, 2.45) is 0 Å². The molecule has 2 aromatic carbocycles. The van der Waals surface area contributed by atoms with Crippen molar-refractivity contribution < 1.29 is 18.7 Å². The number of hydrogen-bond acceptors (Lipinski definition) is 3. The van der Waals surface area contributed by atoms with E-state index in [1.165, 1.54) is 17.0 Å². The maximum atomic E-state index is 13.2. The second kappa shape index (κ2) is 11.6. The van der Waals surface area contributed by atoms with Crippen molar-refractivity contribution in [2.45, 2.75) is 39.3 Å². The van der Waals surface area contributed by atoms with E-state index in [0.29, 0.717) is 18.7 Å². The highest BCUT2D eigenvalue weighted by molar-refractivity contribution is 9.10. The molecule has 2 amide bonds. The maximum Gasteiger partial charge on any atom is 0.261 e. The van der Waals surface area contributed by atoms with Gasteiger partial charge in [0.2, 0.25) is 5.91 Å². The van der Waals surface area contributed by atoms with E-state index >= 15 is 0 Å². The summed E-state index contributed by atoms with van der Waals surface area (Å²) in [5.41, 5.74) is 0.741. The third-order valence-electron chi connectivity index (χ3n) is 4.38. The van der Waals surface area contributed by atoms with Crippen LogP contribution in [0.4, 0.5) is 4.39 Å². The van der Waals surface area contributed by atoms with Crippen LogP contribution in [0.2, 0.25) is 0 Å². The van der Waals surface area contributed by atoms with Gasteiger partial charge in [0, 0.05) is 17.6 Å². The Hall–Kier alpha value is -2.41. The van der Waals surface area contributed by atoms with Crippen LogP contribution in [-0.4, -0.2) is 35.9 Å². The van der Waals surface area contributed by atoms with E-state index in [1.807, 2.05) is 26.0 Å². The average Bonchev–Trinajstić information content (AvgIpc) is 2.72. The zero-order valence-electron chi connectivity index (χ0n) is 16.7. The number of hydrogen-bond donors (Lipinski definition) is 1. The summed E-state index contributed by atoms with van der Waals surface area (Å²) in [7, 11) is 0. The third-order valence-corrected chi connectivity index (χ3v) is 4.91. The molecule has 0 saturated carbocycles. The first-order valence-corrected chi connectivity index (χ1v) is 10.4. The van der Waals surface area contributed by atoms with Crippen LogP contribution in [-0.2, 0) is 16.1 Å². The number of benzene rings is 2. The van der Waals surface area contributed by atoms with Gasteiger partial charge in [0.15, 0.2) is 6.61 Å². The molecule has 0 fully saturated rings. The SMILES string of the molecule is CCCNC(=O)[C@H](CC)N(Cc1ccc(F)cc1)C(=O)COc1ccc(Br)cc1. The minimum absolute atomic E-state index is 0.194. The number of carbonyl (C=O) groups excluding carboxylic acids is 2. The van der Waals surface area contributed by atoms with Gasteiger partial charge in [-0.2, -0.15) is 0 Å². The fourth-order valence-electron chi connectivity index (χ4n) is 2.83.